The van der Waals surface area contributed by atoms with Crippen molar-refractivity contribution in [1.82, 2.24) is 0 Å². The van der Waals surface area contributed by atoms with Crippen LogP contribution in [0.1, 0.15) is 20.8 Å². The predicted octanol–water partition coefficient (Wildman–Crippen LogP) is 3.31. The Morgan fingerprint density at radius 3 is 1.61 bits per heavy atom. The summed E-state index contributed by atoms with van der Waals surface area (Å²) in [6.45, 7) is 3.53. The minimum Gasteiger partial charge on any atom is -0.393 e. The number of carbonyl (C=O) groups is 1. The SMILES string of the molecule is C=C(C)C(=O)OC(F)(F)C(O)(OC(C)(C)C(F)(F)F)C(F)(F)F. The van der Waals surface area contributed by atoms with Crippen LogP contribution >= 0.6 is 0 Å². The van der Waals surface area contributed by atoms with Crippen LogP contribution in [0.5, 0.6) is 0 Å². The van der Waals surface area contributed by atoms with Crippen LogP contribution in [0.2, 0.25) is 0 Å². The molecule has 0 fully saturated rings. The first kappa shape index (κ1) is 21.6. The lowest BCUT2D eigenvalue weighted by Crippen LogP contribution is -2.66. The maximum Gasteiger partial charge on any atom is 0.466 e. The van der Waals surface area contributed by atoms with Crippen LogP contribution in [0.15, 0.2) is 12.2 Å². The zero-order valence-corrected chi connectivity index (χ0v) is 11.9. The van der Waals surface area contributed by atoms with Gasteiger partial charge in [0.15, 0.2) is 5.60 Å². The normalized spacial score (nSPS) is 16.7. The van der Waals surface area contributed by atoms with Crippen LogP contribution in [-0.4, -0.2) is 40.9 Å². The van der Waals surface area contributed by atoms with Crippen molar-refractivity contribution in [2.45, 2.75) is 50.6 Å². The molecule has 23 heavy (non-hydrogen) atoms. The molecule has 0 aliphatic carbocycles. The number of carbonyl (C=O) groups excluding carboxylic acids is 1. The fourth-order valence-electron chi connectivity index (χ4n) is 0.982. The third-order valence-corrected chi connectivity index (χ3v) is 2.43. The molecule has 0 heterocycles. The van der Waals surface area contributed by atoms with Crippen LogP contribution in [-0.2, 0) is 14.3 Å². The van der Waals surface area contributed by atoms with Crippen molar-refractivity contribution in [3.8, 4) is 0 Å². The molecule has 0 aromatic rings. The second-order valence-corrected chi connectivity index (χ2v) is 4.94. The Bertz CT molecular complexity index is 479. The van der Waals surface area contributed by atoms with Gasteiger partial charge >= 0.3 is 30.2 Å². The summed E-state index contributed by atoms with van der Waals surface area (Å²) in [4.78, 5) is 10.9. The molecular formula is C11H12F8O4. The van der Waals surface area contributed by atoms with E-state index in [-0.39, 0.29) is 13.8 Å². The predicted molar refractivity (Wildman–Crippen MR) is 58.1 cm³/mol. The van der Waals surface area contributed by atoms with Crippen molar-refractivity contribution in [3.05, 3.63) is 12.2 Å². The molecule has 12 heteroatoms. The first-order valence-corrected chi connectivity index (χ1v) is 5.61. The molecule has 0 spiro atoms. The Kier molecular flexibility index (Phi) is 5.52. The minimum atomic E-state index is -6.44. The lowest BCUT2D eigenvalue weighted by Gasteiger charge is -2.41. The first-order valence-electron chi connectivity index (χ1n) is 5.61. The smallest absolute Gasteiger partial charge is 0.393 e. The summed E-state index contributed by atoms with van der Waals surface area (Å²) in [5.74, 6) is -7.82. The number of esters is 1. The molecule has 0 aromatic carbocycles. The standard InChI is InChI=1S/C11H12F8O4/c1-5(2)6(20)22-11(18,19)8(21,10(15,16)17)23-7(3,4)9(12,13)14/h21H,1H2,2-4H3. The van der Waals surface area contributed by atoms with Gasteiger partial charge in [-0.3, -0.25) is 0 Å². The van der Waals surface area contributed by atoms with E-state index >= 15 is 0 Å². The van der Waals surface area contributed by atoms with E-state index in [1.165, 1.54) is 0 Å². The molecule has 0 aliphatic heterocycles. The van der Waals surface area contributed by atoms with E-state index in [0.29, 0.717) is 0 Å². The van der Waals surface area contributed by atoms with Crippen LogP contribution in [0, 0.1) is 0 Å². The van der Waals surface area contributed by atoms with E-state index < -0.39 is 41.4 Å². The summed E-state index contributed by atoms with van der Waals surface area (Å²) in [5, 5.41) is 9.10. The van der Waals surface area contributed by atoms with E-state index in [1.807, 2.05) is 0 Å². The van der Waals surface area contributed by atoms with Gasteiger partial charge in [0.2, 0.25) is 0 Å². The highest BCUT2D eigenvalue weighted by atomic mass is 19.4. The maximum atomic E-state index is 13.6. The zero-order valence-electron chi connectivity index (χ0n) is 11.9. The van der Waals surface area contributed by atoms with Crippen molar-refractivity contribution in [2.24, 2.45) is 0 Å². The second kappa shape index (κ2) is 5.89. The van der Waals surface area contributed by atoms with Gasteiger partial charge in [0.25, 0.3) is 0 Å². The molecule has 1 N–H and O–H groups in total. The summed E-state index contributed by atoms with van der Waals surface area (Å²) in [5.41, 5.74) is -4.64. The van der Waals surface area contributed by atoms with Gasteiger partial charge in [-0.15, -0.1) is 0 Å². The number of hydrogen-bond donors (Lipinski definition) is 1. The molecule has 0 aliphatic rings. The average Bonchev–Trinajstić information content (AvgIpc) is 2.23. The number of halogens is 8. The molecular weight excluding hydrogens is 348 g/mol. The topological polar surface area (TPSA) is 55.8 Å². The van der Waals surface area contributed by atoms with Gasteiger partial charge in [0.05, 0.1) is 0 Å². The van der Waals surface area contributed by atoms with E-state index in [9.17, 15) is 39.9 Å². The lowest BCUT2D eigenvalue weighted by atomic mass is 10.1. The summed E-state index contributed by atoms with van der Waals surface area (Å²) in [6, 6.07) is 0. The first-order chi connectivity index (χ1) is 9.78. The zero-order chi connectivity index (χ0) is 19.1. The Labute approximate surface area is 124 Å². The van der Waals surface area contributed by atoms with Gasteiger partial charge in [0.1, 0.15) is 0 Å². The molecule has 0 radical (unpaired) electrons. The van der Waals surface area contributed by atoms with Gasteiger partial charge < -0.3 is 14.6 Å². The highest BCUT2D eigenvalue weighted by Gasteiger charge is 2.77. The third-order valence-electron chi connectivity index (χ3n) is 2.43. The molecule has 136 valence electrons. The van der Waals surface area contributed by atoms with Crippen molar-refractivity contribution in [3.63, 3.8) is 0 Å². The number of rotatable bonds is 5. The molecule has 0 rings (SSSR count). The van der Waals surface area contributed by atoms with Crippen LogP contribution in [0.25, 0.3) is 0 Å². The lowest BCUT2D eigenvalue weighted by molar-refractivity contribution is -0.502. The van der Waals surface area contributed by atoms with Gasteiger partial charge in [0, 0.05) is 5.57 Å². The Balaban J connectivity index is 5.95. The molecule has 4 nitrogen and oxygen atoms in total. The Hall–Kier alpha value is -1.43. The van der Waals surface area contributed by atoms with Gasteiger partial charge in [-0.2, -0.15) is 35.1 Å². The number of alkyl halides is 8. The van der Waals surface area contributed by atoms with Crippen molar-refractivity contribution in [1.29, 1.82) is 0 Å². The second-order valence-electron chi connectivity index (χ2n) is 4.94. The summed E-state index contributed by atoms with van der Waals surface area (Å²) in [7, 11) is 0. The third kappa shape index (κ3) is 4.31. The van der Waals surface area contributed by atoms with E-state index in [2.05, 4.69) is 16.1 Å². The van der Waals surface area contributed by atoms with Crippen LogP contribution in [0.4, 0.5) is 35.1 Å². The highest BCUT2D eigenvalue weighted by molar-refractivity contribution is 5.87. The Morgan fingerprint density at radius 2 is 1.35 bits per heavy atom. The molecule has 0 saturated carbocycles. The van der Waals surface area contributed by atoms with Gasteiger partial charge in [-0.1, -0.05) is 6.58 Å². The van der Waals surface area contributed by atoms with Crippen LogP contribution in [0.3, 0.4) is 0 Å². The molecule has 0 aromatic heterocycles. The van der Waals surface area contributed by atoms with Crippen molar-refractivity contribution >= 4 is 5.97 Å². The molecule has 1 atom stereocenters. The number of aliphatic hydroxyl groups is 1. The molecule has 0 saturated heterocycles. The summed E-state index contributed by atoms with van der Waals surface area (Å²) in [6.07, 6.45) is -17.9. The largest absolute Gasteiger partial charge is 0.466 e. The summed E-state index contributed by atoms with van der Waals surface area (Å²) >= 11 is 0. The maximum absolute atomic E-state index is 13.6. The molecule has 0 amide bonds. The average molecular weight is 360 g/mol. The van der Waals surface area contributed by atoms with E-state index in [4.69, 9.17) is 5.11 Å². The minimum absolute atomic E-state index is 0.0274. The fourth-order valence-corrected chi connectivity index (χ4v) is 0.982. The molecule has 0 bridgehead atoms. The Morgan fingerprint density at radius 1 is 0.957 bits per heavy atom. The number of ether oxygens (including phenoxy) is 2. The van der Waals surface area contributed by atoms with E-state index in [0.717, 1.165) is 6.92 Å². The van der Waals surface area contributed by atoms with E-state index in [1.54, 1.807) is 0 Å². The van der Waals surface area contributed by atoms with Gasteiger partial charge in [-0.05, 0) is 20.8 Å². The van der Waals surface area contributed by atoms with Gasteiger partial charge in [-0.25, -0.2) is 4.79 Å². The quantitative estimate of drug-likeness (QED) is 0.354. The van der Waals surface area contributed by atoms with Crippen molar-refractivity contribution in [2.75, 3.05) is 0 Å². The molecule has 1 unspecified atom stereocenters. The van der Waals surface area contributed by atoms with Crippen LogP contribution < -0.4 is 0 Å². The van der Waals surface area contributed by atoms with Crippen molar-refractivity contribution < 1.29 is 54.5 Å². The highest BCUT2D eigenvalue weighted by Crippen LogP contribution is 2.48. The summed E-state index contributed by atoms with van der Waals surface area (Å²) < 4.78 is 109. The fraction of sp³-hybridized carbons (Fsp3) is 0.727. The number of hydrogen-bond acceptors (Lipinski definition) is 4. The monoisotopic (exact) mass is 360 g/mol.